The molecule has 3 N–H and O–H groups in total. The number of carbonyl (C=O) groups excluding carboxylic acids is 3. The van der Waals surface area contributed by atoms with Crippen molar-refractivity contribution in [3.63, 3.8) is 0 Å². The van der Waals surface area contributed by atoms with Crippen LogP contribution in [0.3, 0.4) is 0 Å². The van der Waals surface area contributed by atoms with Crippen LogP contribution in [0, 0.1) is 5.82 Å². The fourth-order valence-corrected chi connectivity index (χ4v) is 6.47. The Kier molecular flexibility index (Phi) is 5.80. The predicted molar refractivity (Wildman–Crippen MR) is 128 cm³/mol. The van der Waals surface area contributed by atoms with Crippen LogP contribution in [0.4, 0.5) is 4.39 Å². The molecule has 35 heavy (non-hydrogen) atoms. The van der Waals surface area contributed by atoms with Crippen molar-refractivity contribution in [2.75, 3.05) is 12.8 Å². The van der Waals surface area contributed by atoms with Gasteiger partial charge in [-0.15, -0.1) is 11.3 Å². The molecule has 1 fully saturated rings. The molecule has 1 saturated carbocycles. The van der Waals surface area contributed by atoms with Gasteiger partial charge in [-0.05, 0) is 36.1 Å². The summed E-state index contributed by atoms with van der Waals surface area (Å²) in [7, 11) is -3.94. The highest BCUT2D eigenvalue weighted by Gasteiger charge is 2.34. The van der Waals surface area contributed by atoms with Gasteiger partial charge in [-0.2, -0.15) is 0 Å². The Morgan fingerprint density at radius 3 is 2.71 bits per heavy atom. The van der Waals surface area contributed by atoms with Gasteiger partial charge in [-0.1, -0.05) is 12.1 Å². The molecule has 1 aliphatic carbocycles. The minimum absolute atomic E-state index is 0.0208. The highest BCUT2D eigenvalue weighted by Crippen LogP contribution is 2.35. The average Bonchev–Trinajstić information content (AvgIpc) is 3.40. The van der Waals surface area contributed by atoms with E-state index in [1.54, 1.807) is 18.2 Å². The molecule has 2 aromatic carbocycles. The van der Waals surface area contributed by atoms with E-state index < -0.39 is 32.7 Å². The molecule has 2 heterocycles. The standard InChI is InChI=1S/C23H21FN4O5S2/c1-35(32,33)20(22(31)26-10-19(29)27-13-4-5-13)23-28-17-8-16(24)14(7-18(17)34-23)11-2-3-12-9-25-21(30)15(12)6-11/h2-3,6-8,13,20H,4-5,9-10H2,1H3,(H,25,30)(H,26,31)(H,27,29). The second-order valence-corrected chi connectivity index (χ2v) is 11.9. The molecule has 1 atom stereocenters. The van der Waals surface area contributed by atoms with E-state index in [4.69, 9.17) is 0 Å². The summed E-state index contributed by atoms with van der Waals surface area (Å²) >= 11 is 0.961. The van der Waals surface area contributed by atoms with Gasteiger partial charge >= 0.3 is 0 Å². The lowest BCUT2D eigenvalue weighted by Crippen LogP contribution is -2.41. The lowest BCUT2D eigenvalue weighted by atomic mass is 10.00. The first-order valence-electron chi connectivity index (χ1n) is 10.9. The van der Waals surface area contributed by atoms with Crippen molar-refractivity contribution in [3.05, 3.63) is 52.3 Å². The summed E-state index contributed by atoms with van der Waals surface area (Å²) in [6, 6.07) is 7.90. The van der Waals surface area contributed by atoms with Crippen molar-refractivity contribution in [1.29, 1.82) is 0 Å². The number of aromatic nitrogens is 1. The molecule has 2 aliphatic rings. The third-order valence-corrected chi connectivity index (χ3v) is 8.38. The zero-order valence-corrected chi connectivity index (χ0v) is 20.2. The summed E-state index contributed by atoms with van der Waals surface area (Å²) in [4.78, 5) is 40.9. The van der Waals surface area contributed by atoms with Crippen molar-refractivity contribution < 1.29 is 27.2 Å². The van der Waals surface area contributed by atoms with Crippen LogP contribution in [-0.4, -0.2) is 50.0 Å². The summed E-state index contributed by atoms with van der Waals surface area (Å²) in [5.41, 5.74) is 2.24. The third-order valence-electron chi connectivity index (χ3n) is 5.85. The topological polar surface area (TPSA) is 134 Å². The van der Waals surface area contributed by atoms with E-state index in [9.17, 15) is 27.2 Å². The summed E-state index contributed by atoms with van der Waals surface area (Å²) in [5.74, 6) is -2.09. The summed E-state index contributed by atoms with van der Waals surface area (Å²) in [6.45, 7) is 0.0717. The normalized spacial score (nSPS) is 16.0. The number of amides is 3. The van der Waals surface area contributed by atoms with Crippen LogP contribution >= 0.6 is 11.3 Å². The summed E-state index contributed by atoms with van der Waals surface area (Å²) in [5, 5.41) is 6.14. The molecule has 0 radical (unpaired) electrons. The smallest absolute Gasteiger partial charge is 0.251 e. The lowest BCUT2D eigenvalue weighted by molar-refractivity contribution is -0.126. The van der Waals surface area contributed by atoms with Gasteiger partial charge in [0.2, 0.25) is 11.8 Å². The summed E-state index contributed by atoms with van der Waals surface area (Å²) in [6.07, 6.45) is 2.68. The first-order chi connectivity index (χ1) is 16.6. The van der Waals surface area contributed by atoms with Gasteiger partial charge in [0.25, 0.3) is 5.91 Å². The highest BCUT2D eigenvalue weighted by molar-refractivity contribution is 7.91. The second-order valence-electron chi connectivity index (χ2n) is 8.68. The van der Waals surface area contributed by atoms with Crippen molar-refractivity contribution in [2.24, 2.45) is 0 Å². The Morgan fingerprint density at radius 1 is 1.23 bits per heavy atom. The largest absolute Gasteiger partial charge is 0.352 e. The molecule has 9 nitrogen and oxygen atoms in total. The maximum atomic E-state index is 15.0. The SMILES string of the molecule is CS(=O)(=O)C(C(=O)NCC(=O)NC1CC1)c1nc2cc(F)c(-c3ccc4c(c3)C(=O)NC4)cc2s1. The van der Waals surface area contributed by atoms with Crippen molar-refractivity contribution in [2.45, 2.75) is 30.7 Å². The Balaban J connectivity index is 1.45. The van der Waals surface area contributed by atoms with Gasteiger partial charge in [0.05, 0.1) is 16.8 Å². The number of fused-ring (bicyclic) bond motifs is 2. The predicted octanol–water partition coefficient (Wildman–Crippen LogP) is 1.83. The van der Waals surface area contributed by atoms with Gasteiger partial charge in [0.15, 0.2) is 15.1 Å². The third kappa shape index (κ3) is 4.76. The fraction of sp³-hybridized carbons (Fsp3) is 0.304. The first-order valence-corrected chi connectivity index (χ1v) is 13.6. The number of halogens is 1. The van der Waals surface area contributed by atoms with Gasteiger partial charge in [-0.25, -0.2) is 17.8 Å². The number of thiazole rings is 1. The molecule has 182 valence electrons. The maximum Gasteiger partial charge on any atom is 0.251 e. The van der Waals surface area contributed by atoms with E-state index in [2.05, 4.69) is 20.9 Å². The number of nitrogens with zero attached hydrogens (tertiary/aromatic N) is 1. The van der Waals surface area contributed by atoms with Crippen LogP contribution in [0.15, 0.2) is 30.3 Å². The quantitative estimate of drug-likeness (QED) is 0.439. The molecule has 1 aliphatic heterocycles. The molecular weight excluding hydrogens is 495 g/mol. The molecular formula is C23H21FN4O5S2. The minimum Gasteiger partial charge on any atom is -0.352 e. The van der Waals surface area contributed by atoms with E-state index >= 15 is 0 Å². The van der Waals surface area contributed by atoms with Crippen LogP contribution in [0.2, 0.25) is 0 Å². The molecule has 3 aromatic rings. The molecule has 1 aromatic heterocycles. The van der Waals surface area contributed by atoms with E-state index in [1.165, 1.54) is 12.1 Å². The number of hydrogen-bond acceptors (Lipinski definition) is 7. The summed E-state index contributed by atoms with van der Waals surface area (Å²) < 4.78 is 40.4. The zero-order chi connectivity index (χ0) is 24.9. The Bertz CT molecular complexity index is 1500. The fourth-order valence-electron chi connectivity index (χ4n) is 3.94. The number of benzene rings is 2. The monoisotopic (exact) mass is 516 g/mol. The van der Waals surface area contributed by atoms with E-state index in [0.717, 1.165) is 36.0 Å². The Hall–Kier alpha value is -3.38. The highest BCUT2D eigenvalue weighted by atomic mass is 32.2. The van der Waals surface area contributed by atoms with Crippen LogP contribution in [0.5, 0.6) is 0 Å². The number of sulfone groups is 1. The Morgan fingerprint density at radius 2 is 2.00 bits per heavy atom. The number of rotatable bonds is 7. The second kappa shape index (κ2) is 8.68. The van der Waals surface area contributed by atoms with Crippen LogP contribution in [-0.2, 0) is 26.0 Å². The van der Waals surface area contributed by atoms with Gasteiger partial charge < -0.3 is 16.0 Å². The molecule has 0 saturated heterocycles. The van der Waals surface area contributed by atoms with E-state index in [1.807, 2.05) is 0 Å². The number of nitrogens with one attached hydrogen (secondary N) is 3. The van der Waals surface area contributed by atoms with Crippen molar-refractivity contribution in [3.8, 4) is 11.1 Å². The van der Waals surface area contributed by atoms with Crippen LogP contribution < -0.4 is 16.0 Å². The molecule has 1 unspecified atom stereocenters. The van der Waals surface area contributed by atoms with Gasteiger partial charge in [-0.3, -0.25) is 14.4 Å². The molecule has 5 rings (SSSR count). The van der Waals surface area contributed by atoms with E-state index in [0.29, 0.717) is 22.4 Å². The van der Waals surface area contributed by atoms with Gasteiger partial charge in [0, 0.05) is 36.0 Å². The number of hydrogen-bond donors (Lipinski definition) is 3. The van der Waals surface area contributed by atoms with Crippen molar-refractivity contribution >= 4 is 49.1 Å². The van der Waals surface area contributed by atoms with Crippen LogP contribution in [0.25, 0.3) is 21.3 Å². The lowest BCUT2D eigenvalue weighted by Gasteiger charge is -2.12. The average molecular weight is 517 g/mol. The molecule has 0 bridgehead atoms. The van der Waals surface area contributed by atoms with Gasteiger partial charge in [0.1, 0.15) is 10.8 Å². The minimum atomic E-state index is -3.94. The number of carbonyl (C=O) groups is 3. The van der Waals surface area contributed by atoms with E-state index in [-0.39, 0.29) is 34.6 Å². The van der Waals surface area contributed by atoms with Crippen molar-refractivity contribution in [1.82, 2.24) is 20.9 Å². The molecule has 12 heteroatoms. The first kappa shape index (κ1) is 23.4. The maximum absolute atomic E-state index is 15.0. The zero-order valence-electron chi connectivity index (χ0n) is 18.6. The Labute approximate surface area is 204 Å². The van der Waals surface area contributed by atoms with Crippen LogP contribution in [0.1, 0.15) is 39.0 Å². The molecule has 3 amide bonds. The molecule has 0 spiro atoms.